The summed E-state index contributed by atoms with van der Waals surface area (Å²) in [6.07, 6.45) is 0. The lowest BCUT2D eigenvalue weighted by Gasteiger charge is -2.29. The fraction of sp³-hybridized carbons (Fsp3) is 0.143. The highest BCUT2D eigenvalue weighted by Gasteiger charge is 2.27. The van der Waals surface area contributed by atoms with Crippen molar-refractivity contribution >= 4 is 49.9 Å². The lowest BCUT2D eigenvalue weighted by Crippen LogP contribution is -2.43. The van der Waals surface area contributed by atoms with Crippen LogP contribution in [0.5, 0.6) is 5.75 Å². The first-order valence-electron chi connectivity index (χ1n) is 8.54. The monoisotopic (exact) mass is 424 g/mol. The van der Waals surface area contributed by atoms with Crippen molar-refractivity contribution in [3.05, 3.63) is 64.6 Å². The van der Waals surface area contributed by atoms with E-state index >= 15 is 0 Å². The number of carbonyl (C=O) groups excluding carboxylic acids is 2. The molecule has 1 heterocycles. The average Bonchev–Trinajstić information content (AvgIpc) is 2.67. The molecule has 0 aromatic heterocycles. The van der Waals surface area contributed by atoms with Crippen LogP contribution in [0.4, 0.5) is 11.4 Å². The molecule has 0 saturated carbocycles. The molecule has 4 rings (SSSR count). The summed E-state index contributed by atoms with van der Waals surface area (Å²) in [6, 6.07) is 17.2. The molecule has 3 aromatic carbocycles. The zero-order chi connectivity index (χ0) is 19.0. The quantitative estimate of drug-likeness (QED) is 0.682. The summed E-state index contributed by atoms with van der Waals surface area (Å²) in [6.45, 7) is 1.80. The number of nitrogens with one attached hydrogen (secondary N) is 1. The number of rotatable bonds is 3. The second-order valence-corrected chi connectivity index (χ2v) is 7.28. The molecular weight excluding hydrogens is 408 g/mol. The molecule has 0 unspecified atom stereocenters. The summed E-state index contributed by atoms with van der Waals surface area (Å²) in [5.74, 6) is 0.121. The fourth-order valence-corrected chi connectivity index (χ4v) is 3.67. The molecule has 1 N–H and O–H groups in total. The standard InChI is InChI=1S/C21H17BrN2O3/c1-13-6-9-19-18(10-13)24(21(26)12-27-19)11-20(25)23-17-8-7-16(22)14-4-2-3-5-15(14)17/h2-10H,11-12H2,1H3,(H,23,25). The average molecular weight is 425 g/mol. The molecule has 0 spiro atoms. The molecule has 27 heavy (non-hydrogen) atoms. The molecule has 2 amide bonds. The largest absolute Gasteiger partial charge is 0.482 e. The third kappa shape index (κ3) is 3.40. The summed E-state index contributed by atoms with van der Waals surface area (Å²) >= 11 is 3.53. The van der Waals surface area contributed by atoms with Gasteiger partial charge in [0, 0.05) is 15.5 Å². The number of benzene rings is 3. The van der Waals surface area contributed by atoms with Crippen LogP contribution in [0.3, 0.4) is 0 Å². The first-order valence-corrected chi connectivity index (χ1v) is 9.33. The number of halogens is 1. The molecule has 136 valence electrons. The van der Waals surface area contributed by atoms with Gasteiger partial charge in [0.05, 0.1) is 5.69 Å². The minimum absolute atomic E-state index is 0.0649. The summed E-state index contributed by atoms with van der Waals surface area (Å²) in [4.78, 5) is 26.5. The van der Waals surface area contributed by atoms with Crippen molar-refractivity contribution in [1.82, 2.24) is 0 Å². The number of hydrogen-bond donors (Lipinski definition) is 1. The number of nitrogens with zero attached hydrogens (tertiary/aromatic N) is 1. The molecule has 6 heteroatoms. The molecule has 0 aliphatic carbocycles. The van der Waals surface area contributed by atoms with Gasteiger partial charge < -0.3 is 10.1 Å². The molecule has 1 aliphatic heterocycles. The zero-order valence-corrected chi connectivity index (χ0v) is 16.2. The third-order valence-electron chi connectivity index (χ3n) is 4.50. The Kier molecular flexibility index (Phi) is 4.58. The van der Waals surface area contributed by atoms with Gasteiger partial charge in [0.1, 0.15) is 12.3 Å². The fourth-order valence-electron chi connectivity index (χ4n) is 3.19. The Bertz CT molecular complexity index is 1060. The maximum atomic E-state index is 12.7. The number of anilines is 2. The van der Waals surface area contributed by atoms with Crippen LogP contribution in [0, 0.1) is 6.92 Å². The number of carbonyl (C=O) groups is 2. The van der Waals surface area contributed by atoms with Crippen molar-refractivity contribution in [2.24, 2.45) is 0 Å². The molecule has 0 bridgehead atoms. The van der Waals surface area contributed by atoms with Crippen LogP contribution in [0.25, 0.3) is 10.8 Å². The first-order chi connectivity index (χ1) is 13.0. The highest BCUT2D eigenvalue weighted by atomic mass is 79.9. The van der Waals surface area contributed by atoms with Gasteiger partial charge in [0.15, 0.2) is 6.61 Å². The van der Waals surface area contributed by atoms with E-state index in [0.717, 1.165) is 20.8 Å². The van der Waals surface area contributed by atoms with Crippen LogP contribution in [-0.2, 0) is 9.59 Å². The Morgan fingerprint density at radius 2 is 1.93 bits per heavy atom. The number of fused-ring (bicyclic) bond motifs is 2. The van der Waals surface area contributed by atoms with E-state index in [1.807, 2.05) is 61.5 Å². The molecular formula is C21H17BrN2O3. The summed E-state index contributed by atoms with van der Waals surface area (Å²) in [5, 5.41) is 4.88. The van der Waals surface area contributed by atoms with Gasteiger partial charge in [-0.1, -0.05) is 46.3 Å². The Morgan fingerprint density at radius 3 is 2.74 bits per heavy atom. The Morgan fingerprint density at radius 1 is 1.15 bits per heavy atom. The van der Waals surface area contributed by atoms with Crippen LogP contribution < -0.4 is 15.0 Å². The van der Waals surface area contributed by atoms with E-state index in [0.29, 0.717) is 17.1 Å². The predicted octanol–water partition coefficient (Wildman–Crippen LogP) is 4.27. The summed E-state index contributed by atoms with van der Waals surface area (Å²) < 4.78 is 6.43. The minimum Gasteiger partial charge on any atom is -0.482 e. The van der Waals surface area contributed by atoms with Crippen LogP contribution in [0.15, 0.2) is 59.1 Å². The van der Waals surface area contributed by atoms with Gasteiger partial charge in [-0.05, 0) is 42.1 Å². The predicted molar refractivity (Wildman–Crippen MR) is 109 cm³/mol. The number of hydrogen-bond acceptors (Lipinski definition) is 3. The van der Waals surface area contributed by atoms with Crippen LogP contribution >= 0.6 is 15.9 Å². The highest BCUT2D eigenvalue weighted by molar-refractivity contribution is 9.10. The van der Waals surface area contributed by atoms with Crippen molar-refractivity contribution in [2.75, 3.05) is 23.4 Å². The van der Waals surface area contributed by atoms with E-state index in [9.17, 15) is 9.59 Å². The van der Waals surface area contributed by atoms with Crippen molar-refractivity contribution in [2.45, 2.75) is 6.92 Å². The lowest BCUT2D eigenvalue weighted by molar-refractivity contribution is -0.123. The van der Waals surface area contributed by atoms with Gasteiger partial charge >= 0.3 is 0 Å². The van der Waals surface area contributed by atoms with E-state index in [1.54, 1.807) is 0 Å². The number of ether oxygens (including phenoxy) is 1. The molecule has 5 nitrogen and oxygen atoms in total. The smallest absolute Gasteiger partial charge is 0.265 e. The molecule has 0 fully saturated rings. The second-order valence-electron chi connectivity index (χ2n) is 6.43. The highest BCUT2D eigenvalue weighted by Crippen LogP contribution is 2.33. The maximum absolute atomic E-state index is 12.7. The first kappa shape index (κ1) is 17.5. The van der Waals surface area contributed by atoms with E-state index in [-0.39, 0.29) is 25.0 Å². The van der Waals surface area contributed by atoms with Crippen molar-refractivity contribution in [1.29, 1.82) is 0 Å². The van der Waals surface area contributed by atoms with E-state index in [4.69, 9.17) is 4.74 Å². The topological polar surface area (TPSA) is 58.6 Å². The Labute approximate surface area is 165 Å². The molecule has 1 aliphatic rings. The lowest BCUT2D eigenvalue weighted by atomic mass is 10.1. The molecule has 0 radical (unpaired) electrons. The SMILES string of the molecule is Cc1ccc2c(c1)N(CC(=O)Nc1ccc(Br)c3ccccc13)C(=O)CO2. The number of amides is 2. The third-order valence-corrected chi connectivity index (χ3v) is 5.20. The normalized spacial score (nSPS) is 13.3. The van der Waals surface area contributed by atoms with Gasteiger partial charge in [-0.3, -0.25) is 14.5 Å². The van der Waals surface area contributed by atoms with Gasteiger partial charge in [-0.25, -0.2) is 0 Å². The van der Waals surface area contributed by atoms with Crippen LogP contribution in [0.2, 0.25) is 0 Å². The molecule has 0 atom stereocenters. The van der Waals surface area contributed by atoms with E-state index in [1.165, 1.54) is 4.90 Å². The van der Waals surface area contributed by atoms with E-state index in [2.05, 4.69) is 21.2 Å². The second kappa shape index (κ2) is 7.04. The van der Waals surface area contributed by atoms with Crippen molar-refractivity contribution in [3.63, 3.8) is 0 Å². The minimum atomic E-state index is -0.259. The van der Waals surface area contributed by atoms with Crippen LogP contribution in [0.1, 0.15) is 5.56 Å². The molecule has 0 saturated heterocycles. The Balaban J connectivity index is 1.60. The summed E-state index contributed by atoms with van der Waals surface area (Å²) in [7, 11) is 0. The maximum Gasteiger partial charge on any atom is 0.265 e. The van der Waals surface area contributed by atoms with Gasteiger partial charge in [0.25, 0.3) is 5.91 Å². The molecule has 3 aromatic rings. The Hall–Kier alpha value is -2.86. The number of aryl methyl sites for hydroxylation is 1. The van der Waals surface area contributed by atoms with Gasteiger partial charge in [-0.15, -0.1) is 0 Å². The van der Waals surface area contributed by atoms with Gasteiger partial charge in [-0.2, -0.15) is 0 Å². The van der Waals surface area contributed by atoms with Gasteiger partial charge in [0.2, 0.25) is 5.91 Å². The summed E-state index contributed by atoms with van der Waals surface area (Å²) in [5.41, 5.74) is 2.34. The van der Waals surface area contributed by atoms with Crippen LogP contribution in [-0.4, -0.2) is 25.0 Å². The zero-order valence-electron chi connectivity index (χ0n) is 14.7. The van der Waals surface area contributed by atoms with E-state index < -0.39 is 0 Å². The van der Waals surface area contributed by atoms with Crippen molar-refractivity contribution in [3.8, 4) is 5.75 Å². The van der Waals surface area contributed by atoms with Crippen molar-refractivity contribution < 1.29 is 14.3 Å².